The molecule has 1 aromatic heterocycles. The Morgan fingerprint density at radius 2 is 2.31 bits per heavy atom. The van der Waals surface area contributed by atoms with Crippen molar-refractivity contribution in [2.45, 2.75) is 13.0 Å². The van der Waals surface area contributed by atoms with Gasteiger partial charge in [-0.05, 0) is 40.5 Å². The molecule has 1 N–H and O–H groups in total. The van der Waals surface area contributed by atoms with Crippen molar-refractivity contribution >= 4 is 27.5 Å². The molecule has 0 spiro atoms. The normalized spacial score (nSPS) is 10.3. The number of aromatic nitrogens is 1. The maximum atomic E-state index is 5.55. The maximum Gasteiger partial charge on any atom is 0.0410 e. The molecule has 0 radical (unpaired) electrons. The molecule has 13 heavy (non-hydrogen) atoms. The van der Waals surface area contributed by atoms with Crippen molar-refractivity contribution < 1.29 is 0 Å². The predicted molar refractivity (Wildman–Crippen MR) is 59.0 cm³/mol. The lowest BCUT2D eigenvalue weighted by Gasteiger charge is -2.02. The Bertz CT molecular complexity index is 255. The zero-order valence-electron chi connectivity index (χ0n) is 7.26. The molecule has 4 heteroatoms. The molecule has 0 atom stereocenters. The smallest absolute Gasteiger partial charge is 0.0410 e. The van der Waals surface area contributed by atoms with Gasteiger partial charge < -0.3 is 5.32 Å². The average Bonchev–Trinajstić information content (AvgIpc) is 2.13. The van der Waals surface area contributed by atoms with Gasteiger partial charge in [0.2, 0.25) is 0 Å². The fourth-order valence-corrected chi connectivity index (χ4v) is 1.52. The van der Waals surface area contributed by atoms with Gasteiger partial charge in [-0.3, -0.25) is 4.98 Å². The molecule has 0 aromatic carbocycles. The van der Waals surface area contributed by atoms with Gasteiger partial charge in [0.15, 0.2) is 0 Å². The van der Waals surface area contributed by atoms with Crippen LogP contribution in [0, 0.1) is 0 Å². The lowest BCUT2D eigenvalue weighted by atomic mass is 10.3. The van der Waals surface area contributed by atoms with E-state index in [1.807, 2.05) is 6.20 Å². The molecule has 0 bridgehead atoms. The molecule has 1 aromatic rings. The third-order valence-electron chi connectivity index (χ3n) is 1.58. The lowest BCUT2D eigenvalue weighted by Crippen LogP contribution is -2.15. The molecule has 72 valence electrons. The molecule has 0 saturated heterocycles. The minimum Gasteiger partial charge on any atom is -0.313 e. The molecule has 0 aliphatic carbocycles. The van der Waals surface area contributed by atoms with E-state index in [-0.39, 0.29) is 0 Å². The van der Waals surface area contributed by atoms with Gasteiger partial charge in [-0.1, -0.05) is 0 Å². The largest absolute Gasteiger partial charge is 0.313 e. The van der Waals surface area contributed by atoms with Crippen LogP contribution >= 0.6 is 27.5 Å². The standard InChI is InChI=1S/C9H12BrClN2/c10-9-4-8(6-13-7-9)5-12-3-1-2-11/h4,6-7,12H,1-3,5H2. The molecule has 2 nitrogen and oxygen atoms in total. The van der Waals surface area contributed by atoms with Crippen molar-refractivity contribution in [1.82, 2.24) is 10.3 Å². The second-order valence-corrected chi connectivity index (χ2v) is 4.02. The zero-order chi connectivity index (χ0) is 9.52. The topological polar surface area (TPSA) is 24.9 Å². The first-order valence-electron chi connectivity index (χ1n) is 4.19. The summed E-state index contributed by atoms with van der Waals surface area (Å²) in [4.78, 5) is 4.07. The summed E-state index contributed by atoms with van der Waals surface area (Å²) in [5.74, 6) is 0.712. The maximum absolute atomic E-state index is 5.55. The Morgan fingerprint density at radius 1 is 1.46 bits per heavy atom. The van der Waals surface area contributed by atoms with Crippen LogP contribution in [-0.4, -0.2) is 17.4 Å². The number of halogens is 2. The molecule has 0 fully saturated rings. The highest BCUT2D eigenvalue weighted by atomic mass is 79.9. The summed E-state index contributed by atoms with van der Waals surface area (Å²) >= 11 is 8.92. The van der Waals surface area contributed by atoms with Crippen LogP contribution < -0.4 is 5.32 Å². The molecular formula is C9H12BrClN2. The van der Waals surface area contributed by atoms with Gasteiger partial charge in [0.1, 0.15) is 0 Å². The van der Waals surface area contributed by atoms with E-state index in [1.165, 1.54) is 5.56 Å². The van der Waals surface area contributed by atoms with Gasteiger partial charge in [0.05, 0.1) is 0 Å². The highest BCUT2D eigenvalue weighted by molar-refractivity contribution is 9.10. The predicted octanol–water partition coefficient (Wildman–Crippen LogP) is 2.56. The lowest BCUT2D eigenvalue weighted by molar-refractivity contribution is 0.676. The summed E-state index contributed by atoms with van der Waals surface area (Å²) in [7, 11) is 0. The van der Waals surface area contributed by atoms with Gasteiger partial charge in [0, 0.05) is 29.3 Å². The summed E-state index contributed by atoms with van der Waals surface area (Å²) in [6, 6.07) is 2.06. The molecule has 1 heterocycles. The number of alkyl halides is 1. The van der Waals surface area contributed by atoms with Gasteiger partial charge in [-0.15, -0.1) is 11.6 Å². The first kappa shape index (κ1) is 11.0. The van der Waals surface area contributed by atoms with E-state index in [0.29, 0.717) is 5.88 Å². The van der Waals surface area contributed by atoms with Crippen molar-refractivity contribution in [2.24, 2.45) is 0 Å². The first-order valence-corrected chi connectivity index (χ1v) is 5.52. The molecule has 0 aliphatic rings. The Balaban J connectivity index is 2.28. The van der Waals surface area contributed by atoms with Gasteiger partial charge >= 0.3 is 0 Å². The second-order valence-electron chi connectivity index (χ2n) is 2.73. The summed E-state index contributed by atoms with van der Waals surface area (Å²) in [6.07, 6.45) is 4.64. The van der Waals surface area contributed by atoms with Crippen molar-refractivity contribution in [3.63, 3.8) is 0 Å². The highest BCUT2D eigenvalue weighted by Gasteiger charge is 1.93. The van der Waals surface area contributed by atoms with Gasteiger partial charge in [0.25, 0.3) is 0 Å². The molecule has 0 amide bonds. The quantitative estimate of drug-likeness (QED) is 0.652. The fourth-order valence-electron chi connectivity index (χ4n) is 0.977. The van der Waals surface area contributed by atoms with Crippen LogP contribution in [0.2, 0.25) is 0 Å². The summed E-state index contributed by atoms with van der Waals surface area (Å²) in [5.41, 5.74) is 1.18. The fraction of sp³-hybridized carbons (Fsp3) is 0.444. The Hall–Kier alpha value is -0.120. The van der Waals surface area contributed by atoms with Crippen molar-refractivity contribution in [3.8, 4) is 0 Å². The first-order chi connectivity index (χ1) is 6.33. The number of nitrogens with zero attached hydrogens (tertiary/aromatic N) is 1. The Morgan fingerprint density at radius 3 is 3.00 bits per heavy atom. The van der Waals surface area contributed by atoms with E-state index in [0.717, 1.165) is 24.0 Å². The van der Waals surface area contributed by atoms with Crippen molar-refractivity contribution in [1.29, 1.82) is 0 Å². The molecule has 1 rings (SSSR count). The van der Waals surface area contributed by atoms with E-state index >= 15 is 0 Å². The molecule has 0 unspecified atom stereocenters. The number of nitrogens with one attached hydrogen (secondary N) is 1. The van der Waals surface area contributed by atoms with Gasteiger partial charge in [-0.25, -0.2) is 0 Å². The van der Waals surface area contributed by atoms with E-state index < -0.39 is 0 Å². The number of hydrogen-bond donors (Lipinski definition) is 1. The number of pyridine rings is 1. The Labute approximate surface area is 91.8 Å². The Kier molecular flexibility index (Phi) is 5.35. The van der Waals surface area contributed by atoms with E-state index in [1.54, 1.807) is 6.20 Å². The van der Waals surface area contributed by atoms with Crippen molar-refractivity contribution in [3.05, 3.63) is 28.5 Å². The van der Waals surface area contributed by atoms with E-state index in [4.69, 9.17) is 11.6 Å². The summed E-state index contributed by atoms with van der Waals surface area (Å²) < 4.78 is 1.02. The number of hydrogen-bond acceptors (Lipinski definition) is 2. The average molecular weight is 264 g/mol. The van der Waals surface area contributed by atoms with Crippen LogP contribution in [0.25, 0.3) is 0 Å². The number of rotatable bonds is 5. The van der Waals surface area contributed by atoms with E-state index in [2.05, 4.69) is 32.3 Å². The third-order valence-corrected chi connectivity index (χ3v) is 2.28. The highest BCUT2D eigenvalue weighted by Crippen LogP contribution is 2.08. The van der Waals surface area contributed by atoms with Crippen LogP contribution in [0.4, 0.5) is 0 Å². The van der Waals surface area contributed by atoms with Crippen LogP contribution in [0.5, 0.6) is 0 Å². The third kappa shape index (κ3) is 4.60. The van der Waals surface area contributed by atoms with Crippen LogP contribution in [0.1, 0.15) is 12.0 Å². The zero-order valence-corrected chi connectivity index (χ0v) is 9.61. The molecule has 0 aliphatic heterocycles. The van der Waals surface area contributed by atoms with Crippen LogP contribution in [-0.2, 0) is 6.54 Å². The van der Waals surface area contributed by atoms with Crippen LogP contribution in [0.15, 0.2) is 22.9 Å². The van der Waals surface area contributed by atoms with E-state index in [9.17, 15) is 0 Å². The molecule has 0 saturated carbocycles. The summed E-state index contributed by atoms with van der Waals surface area (Å²) in [6.45, 7) is 1.80. The minimum absolute atomic E-state index is 0.712. The second kappa shape index (κ2) is 6.35. The molecular weight excluding hydrogens is 251 g/mol. The monoisotopic (exact) mass is 262 g/mol. The van der Waals surface area contributed by atoms with Gasteiger partial charge in [-0.2, -0.15) is 0 Å². The summed E-state index contributed by atoms with van der Waals surface area (Å²) in [5, 5.41) is 3.28. The minimum atomic E-state index is 0.712. The SMILES string of the molecule is ClCCCNCc1cncc(Br)c1. The van der Waals surface area contributed by atoms with Crippen LogP contribution in [0.3, 0.4) is 0 Å². The van der Waals surface area contributed by atoms with Crippen molar-refractivity contribution in [2.75, 3.05) is 12.4 Å².